The summed E-state index contributed by atoms with van der Waals surface area (Å²) in [5.41, 5.74) is 8.15. The second-order valence-corrected chi connectivity index (χ2v) is 7.25. The number of hydrogen-bond acceptors (Lipinski definition) is 4. The predicted octanol–water partition coefficient (Wildman–Crippen LogP) is 3.89. The molecule has 1 fully saturated rings. The summed E-state index contributed by atoms with van der Waals surface area (Å²) in [7, 11) is 2.26. The number of rotatable bonds is 3. The normalized spacial score (nSPS) is 23.6. The third-order valence-electron chi connectivity index (χ3n) is 4.51. The number of anilines is 1. The Morgan fingerprint density at radius 3 is 2.80 bits per heavy atom. The van der Waals surface area contributed by atoms with Gasteiger partial charge in [0.2, 0.25) is 0 Å². The zero-order chi connectivity index (χ0) is 14.1. The Labute approximate surface area is 124 Å². The average molecular weight is 289 g/mol. The monoisotopic (exact) mass is 289 g/mol. The Kier molecular flexibility index (Phi) is 3.94. The van der Waals surface area contributed by atoms with Crippen molar-refractivity contribution in [2.45, 2.75) is 45.2 Å². The second kappa shape index (κ2) is 5.70. The molecule has 1 aromatic carbocycles. The Morgan fingerprint density at radius 2 is 2.05 bits per heavy atom. The van der Waals surface area contributed by atoms with E-state index >= 15 is 0 Å². The van der Waals surface area contributed by atoms with Gasteiger partial charge >= 0.3 is 0 Å². The first-order chi connectivity index (χ1) is 9.61. The molecule has 1 aliphatic carbocycles. The van der Waals surface area contributed by atoms with E-state index in [4.69, 9.17) is 5.73 Å². The van der Waals surface area contributed by atoms with Crippen molar-refractivity contribution in [2.75, 3.05) is 12.8 Å². The van der Waals surface area contributed by atoms with Crippen molar-refractivity contribution in [3.05, 3.63) is 23.8 Å². The minimum atomic E-state index is 0.659. The topological polar surface area (TPSA) is 42.2 Å². The van der Waals surface area contributed by atoms with Crippen LogP contribution < -0.4 is 5.73 Å². The van der Waals surface area contributed by atoms with Crippen molar-refractivity contribution in [3.63, 3.8) is 0 Å². The van der Waals surface area contributed by atoms with E-state index in [2.05, 4.69) is 42.1 Å². The third-order valence-corrected chi connectivity index (χ3v) is 5.36. The quantitative estimate of drug-likeness (QED) is 0.932. The molecule has 20 heavy (non-hydrogen) atoms. The van der Waals surface area contributed by atoms with Crippen LogP contribution in [0.15, 0.2) is 18.2 Å². The largest absolute Gasteiger partial charge is 0.375 e. The fourth-order valence-electron chi connectivity index (χ4n) is 3.19. The van der Waals surface area contributed by atoms with Crippen molar-refractivity contribution in [2.24, 2.45) is 5.92 Å². The predicted molar refractivity (Wildman–Crippen MR) is 86.9 cm³/mol. The van der Waals surface area contributed by atoms with Crippen molar-refractivity contribution in [1.82, 2.24) is 9.88 Å². The lowest BCUT2D eigenvalue weighted by Crippen LogP contribution is -2.34. The first-order valence-corrected chi connectivity index (χ1v) is 8.28. The van der Waals surface area contributed by atoms with Gasteiger partial charge in [-0.05, 0) is 56.3 Å². The molecule has 2 N–H and O–H groups in total. The molecule has 0 spiro atoms. The number of aromatic nitrogens is 1. The molecule has 0 saturated heterocycles. The van der Waals surface area contributed by atoms with Crippen LogP contribution in [-0.4, -0.2) is 23.0 Å². The molecule has 0 amide bonds. The third kappa shape index (κ3) is 2.96. The van der Waals surface area contributed by atoms with Gasteiger partial charge in [0.15, 0.2) is 5.13 Å². The number of thiazole rings is 1. The highest BCUT2D eigenvalue weighted by Crippen LogP contribution is 2.28. The van der Waals surface area contributed by atoms with E-state index < -0.39 is 0 Å². The molecule has 0 bridgehead atoms. The Balaban J connectivity index is 1.68. The van der Waals surface area contributed by atoms with Gasteiger partial charge in [-0.15, -0.1) is 0 Å². The summed E-state index contributed by atoms with van der Waals surface area (Å²) in [4.78, 5) is 6.83. The summed E-state index contributed by atoms with van der Waals surface area (Å²) >= 11 is 1.58. The molecule has 0 atom stereocenters. The first kappa shape index (κ1) is 13.8. The minimum absolute atomic E-state index is 0.659. The van der Waals surface area contributed by atoms with E-state index in [0.29, 0.717) is 5.13 Å². The van der Waals surface area contributed by atoms with Crippen molar-refractivity contribution in [1.29, 1.82) is 0 Å². The van der Waals surface area contributed by atoms with Crippen molar-refractivity contribution in [3.8, 4) is 0 Å². The average Bonchev–Trinajstić information content (AvgIpc) is 2.78. The maximum Gasteiger partial charge on any atom is 0.181 e. The highest BCUT2D eigenvalue weighted by Gasteiger charge is 2.21. The summed E-state index contributed by atoms with van der Waals surface area (Å²) in [5, 5.41) is 0.659. The summed E-state index contributed by atoms with van der Waals surface area (Å²) in [6.45, 7) is 3.39. The lowest BCUT2D eigenvalue weighted by molar-refractivity contribution is 0.164. The number of hydrogen-bond donors (Lipinski definition) is 1. The molecule has 2 aromatic rings. The number of nitrogens with two attached hydrogens (primary N) is 1. The summed E-state index contributed by atoms with van der Waals surface area (Å²) in [5.74, 6) is 0.913. The van der Waals surface area contributed by atoms with Crippen molar-refractivity contribution >= 4 is 26.7 Å². The standard InChI is InChI=1S/C16H23N3S/c1-11-3-6-13(7-4-11)19(2)10-12-5-8-14-15(9-12)20-16(17)18-14/h5,8-9,11,13H,3-4,6-7,10H2,1-2H3,(H2,17,18). The maximum absolute atomic E-state index is 5.77. The van der Waals surface area contributed by atoms with Gasteiger partial charge < -0.3 is 5.73 Å². The molecule has 1 saturated carbocycles. The van der Waals surface area contributed by atoms with Crippen LogP contribution >= 0.6 is 11.3 Å². The summed E-state index contributed by atoms with van der Waals surface area (Å²) < 4.78 is 1.20. The lowest BCUT2D eigenvalue weighted by atomic mass is 9.86. The van der Waals surface area contributed by atoms with E-state index in [1.54, 1.807) is 11.3 Å². The Hall–Kier alpha value is -1.13. The van der Waals surface area contributed by atoms with Gasteiger partial charge in [0, 0.05) is 12.6 Å². The fourth-order valence-corrected chi connectivity index (χ4v) is 3.98. The first-order valence-electron chi connectivity index (χ1n) is 7.47. The van der Waals surface area contributed by atoms with E-state index in [1.807, 2.05) is 0 Å². The van der Waals surface area contributed by atoms with Crippen LogP contribution in [0.25, 0.3) is 10.2 Å². The van der Waals surface area contributed by atoms with Crippen LogP contribution in [0.3, 0.4) is 0 Å². The van der Waals surface area contributed by atoms with Gasteiger partial charge in [-0.1, -0.05) is 24.3 Å². The number of fused-ring (bicyclic) bond motifs is 1. The minimum Gasteiger partial charge on any atom is -0.375 e. The van der Waals surface area contributed by atoms with E-state index in [0.717, 1.165) is 24.0 Å². The maximum atomic E-state index is 5.77. The molecule has 1 heterocycles. The fraction of sp³-hybridized carbons (Fsp3) is 0.562. The highest BCUT2D eigenvalue weighted by molar-refractivity contribution is 7.22. The lowest BCUT2D eigenvalue weighted by Gasteiger charge is -2.33. The van der Waals surface area contributed by atoms with Crippen LogP contribution in [0.2, 0.25) is 0 Å². The van der Waals surface area contributed by atoms with E-state index in [-0.39, 0.29) is 0 Å². The van der Waals surface area contributed by atoms with Crippen LogP contribution in [0.1, 0.15) is 38.2 Å². The molecule has 3 nitrogen and oxygen atoms in total. The molecule has 1 aromatic heterocycles. The number of nitrogen functional groups attached to an aromatic ring is 1. The van der Waals surface area contributed by atoms with Gasteiger partial charge in [-0.3, -0.25) is 4.90 Å². The SMILES string of the molecule is CC1CCC(N(C)Cc2ccc3nc(N)sc3c2)CC1. The van der Waals surface area contributed by atoms with E-state index in [9.17, 15) is 0 Å². The van der Waals surface area contributed by atoms with Crippen molar-refractivity contribution < 1.29 is 0 Å². The van der Waals surface area contributed by atoms with Gasteiger partial charge in [0.25, 0.3) is 0 Å². The molecule has 0 radical (unpaired) electrons. The molecular formula is C16H23N3S. The molecule has 4 heteroatoms. The zero-order valence-corrected chi connectivity index (χ0v) is 13.1. The van der Waals surface area contributed by atoms with E-state index in [1.165, 1.54) is 35.9 Å². The zero-order valence-electron chi connectivity index (χ0n) is 12.3. The number of benzene rings is 1. The van der Waals surface area contributed by atoms with Gasteiger partial charge in [0.05, 0.1) is 10.2 Å². The molecule has 3 rings (SSSR count). The molecular weight excluding hydrogens is 266 g/mol. The van der Waals surface area contributed by atoms with Crippen LogP contribution in [0.5, 0.6) is 0 Å². The molecule has 0 unspecified atom stereocenters. The smallest absolute Gasteiger partial charge is 0.181 e. The van der Waals surface area contributed by atoms with Gasteiger partial charge in [-0.25, -0.2) is 4.98 Å². The van der Waals surface area contributed by atoms with Gasteiger partial charge in [0.1, 0.15) is 0 Å². The van der Waals surface area contributed by atoms with Crippen LogP contribution in [0, 0.1) is 5.92 Å². The van der Waals surface area contributed by atoms with Crippen LogP contribution in [0.4, 0.5) is 5.13 Å². The Morgan fingerprint density at radius 1 is 1.30 bits per heavy atom. The number of nitrogens with zero attached hydrogens (tertiary/aromatic N) is 2. The molecule has 0 aliphatic heterocycles. The second-order valence-electron chi connectivity index (χ2n) is 6.18. The summed E-state index contributed by atoms with van der Waals surface area (Å²) in [6.07, 6.45) is 5.43. The molecule has 108 valence electrons. The highest BCUT2D eigenvalue weighted by atomic mass is 32.1. The summed E-state index contributed by atoms with van der Waals surface area (Å²) in [6, 6.07) is 7.26. The molecule has 1 aliphatic rings. The van der Waals surface area contributed by atoms with Crippen LogP contribution in [-0.2, 0) is 6.54 Å². The van der Waals surface area contributed by atoms with Gasteiger partial charge in [-0.2, -0.15) is 0 Å². The Bertz CT molecular complexity index is 584.